The summed E-state index contributed by atoms with van der Waals surface area (Å²) in [6.45, 7) is 6.44. The first-order valence-electron chi connectivity index (χ1n) is 8.89. The van der Waals surface area contributed by atoms with E-state index in [1.165, 1.54) is 31.5 Å². The Kier molecular flexibility index (Phi) is 5.54. The number of carbonyl (C=O) groups is 1. The van der Waals surface area contributed by atoms with E-state index < -0.39 is 5.60 Å². The van der Waals surface area contributed by atoms with Gasteiger partial charge in [0.2, 0.25) is 0 Å². The highest BCUT2D eigenvalue weighted by Crippen LogP contribution is 2.28. The summed E-state index contributed by atoms with van der Waals surface area (Å²) in [5.41, 5.74) is 2.44. The lowest BCUT2D eigenvalue weighted by molar-refractivity contribution is -0.149. The van der Waals surface area contributed by atoms with Crippen LogP contribution in [0.4, 0.5) is 5.69 Å². The second-order valence-electron chi connectivity index (χ2n) is 6.90. The Morgan fingerprint density at radius 3 is 2.67 bits per heavy atom. The minimum atomic E-state index is -0.768. The quantitative estimate of drug-likeness (QED) is 0.901. The molecule has 1 amide bonds. The van der Waals surface area contributed by atoms with Gasteiger partial charge in [0.05, 0.1) is 0 Å². The number of hydrogen-bond acceptors (Lipinski definition) is 4. The Balaban J connectivity index is 1.72. The molecule has 0 bridgehead atoms. The van der Waals surface area contributed by atoms with Crippen LogP contribution < -0.4 is 5.32 Å². The molecule has 2 aliphatic rings. The van der Waals surface area contributed by atoms with Crippen LogP contribution in [0.1, 0.15) is 36.8 Å². The summed E-state index contributed by atoms with van der Waals surface area (Å²) in [4.78, 5) is 15.3. The van der Waals surface area contributed by atoms with Crippen molar-refractivity contribution in [3.8, 4) is 0 Å². The molecular weight excluding hydrogens is 304 g/mol. The maximum absolute atomic E-state index is 12.8. The van der Waals surface area contributed by atoms with Crippen LogP contribution in [0.15, 0.2) is 18.2 Å². The molecule has 5 nitrogen and oxygen atoms in total. The van der Waals surface area contributed by atoms with Gasteiger partial charge in [0.1, 0.15) is 0 Å². The molecule has 2 fully saturated rings. The molecule has 0 radical (unpaired) electrons. The third-order valence-electron chi connectivity index (χ3n) is 5.26. The van der Waals surface area contributed by atoms with Crippen LogP contribution in [0.5, 0.6) is 0 Å². The number of rotatable bonds is 5. The van der Waals surface area contributed by atoms with Gasteiger partial charge in [0.25, 0.3) is 5.91 Å². The Bertz CT molecular complexity index is 576. The van der Waals surface area contributed by atoms with E-state index in [-0.39, 0.29) is 5.91 Å². The van der Waals surface area contributed by atoms with Gasteiger partial charge in [0, 0.05) is 45.4 Å². The lowest BCUT2D eigenvalue weighted by Crippen LogP contribution is -2.48. The highest BCUT2D eigenvalue weighted by atomic mass is 16.5. The number of likely N-dealkylation sites (tertiary alicyclic amines) is 1. The minimum absolute atomic E-state index is 0.0604. The molecule has 0 aliphatic carbocycles. The van der Waals surface area contributed by atoms with E-state index in [1.807, 2.05) is 6.92 Å². The van der Waals surface area contributed by atoms with Crippen LogP contribution in [0.2, 0.25) is 0 Å². The Hall–Kier alpha value is -1.43. The van der Waals surface area contributed by atoms with Crippen molar-refractivity contribution in [3.63, 3.8) is 0 Å². The van der Waals surface area contributed by atoms with E-state index in [0.29, 0.717) is 26.1 Å². The number of benzene rings is 1. The number of nitrogens with one attached hydrogen (secondary N) is 1. The normalized spacial score (nSPS) is 20.9. The van der Waals surface area contributed by atoms with Gasteiger partial charge in [-0.3, -0.25) is 9.69 Å². The monoisotopic (exact) mass is 332 g/mol. The molecule has 0 spiro atoms. The number of carbonyl (C=O) groups excluding carboxylic acids is 1. The lowest BCUT2D eigenvalue weighted by Gasteiger charge is -2.34. The molecule has 0 saturated carbocycles. The minimum Gasteiger partial charge on any atom is -0.381 e. The SMILES string of the molecule is COC1(C(=O)Nc2cc(CN3CCCC3)ccc2C)CCOCC1. The molecule has 1 N–H and O–H groups in total. The summed E-state index contributed by atoms with van der Waals surface area (Å²) in [5, 5.41) is 3.10. The number of ether oxygens (including phenoxy) is 2. The average molecular weight is 332 g/mol. The Morgan fingerprint density at radius 1 is 1.29 bits per heavy atom. The summed E-state index contributed by atoms with van der Waals surface area (Å²) in [7, 11) is 1.61. The average Bonchev–Trinajstić information content (AvgIpc) is 3.11. The fourth-order valence-electron chi connectivity index (χ4n) is 3.56. The molecule has 0 aromatic heterocycles. The maximum atomic E-state index is 12.8. The lowest BCUT2D eigenvalue weighted by atomic mass is 9.92. The highest BCUT2D eigenvalue weighted by molar-refractivity contribution is 5.98. The first-order chi connectivity index (χ1) is 11.6. The number of amides is 1. The molecule has 1 aromatic rings. The van der Waals surface area contributed by atoms with Crippen LogP contribution in [-0.4, -0.2) is 49.8 Å². The van der Waals surface area contributed by atoms with Crippen LogP contribution >= 0.6 is 0 Å². The Morgan fingerprint density at radius 2 is 2.00 bits per heavy atom. The first-order valence-corrected chi connectivity index (χ1v) is 8.89. The molecule has 0 atom stereocenters. The van der Waals surface area contributed by atoms with Gasteiger partial charge in [-0.05, 0) is 50.0 Å². The van der Waals surface area contributed by atoms with Crippen molar-refractivity contribution in [3.05, 3.63) is 29.3 Å². The zero-order valence-electron chi connectivity index (χ0n) is 14.8. The molecule has 0 unspecified atom stereocenters. The van der Waals surface area contributed by atoms with E-state index >= 15 is 0 Å². The molecule has 5 heteroatoms. The van der Waals surface area contributed by atoms with Gasteiger partial charge in [-0.25, -0.2) is 0 Å². The van der Waals surface area contributed by atoms with E-state index in [2.05, 4.69) is 28.4 Å². The van der Waals surface area contributed by atoms with Gasteiger partial charge in [-0.1, -0.05) is 12.1 Å². The molecule has 3 rings (SSSR count). The molecular formula is C19H28N2O3. The van der Waals surface area contributed by atoms with E-state index in [0.717, 1.165) is 17.8 Å². The fraction of sp³-hybridized carbons (Fsp3) is 0.632. The van der Waals surface area contributed by atoms with Gasteiger partial charge in [-0.2, -0.15) is 0 Å². The number of methoxy groups -OCH3 is 1. The first kappa shape index (κ1) is 17.4. The number of anilines is 1. The number of hydrogen-bond donors (Lipinski definition) is 1. The smallest absolute Gasteiger partial charge is 0.256 e. The summed E-state index contributed by atoms with van der Waals surface area (Å²) < 4.78 is 11.0. The molecule has 132 valence electrons. The summed E-state index contributed by atoms with van der Waals surface area (Å²) in [6, 6.07) is 6.35. The second-order valence-corrected chi connectivity index (χ2v) is 6.90. The molecule has 1 aromatic carbocycles. The second kappa shape index (κ2) is 7.64. The Labute approximate surface area is 144 Å². The van der Waals surface area contributed by atoms with Crippen molar-refractivity contribution in [2.75, 3.05) is 38.7 Å². The molecule has 2 aliphatic heterocycles. The van der Waals surface area contributed by atoms with Crippen molar-refractivity contribution in [2.45, 2.75) is 44.8 Å². The largest absolute Gasteiger partial charge is 0.381 e. The predicted molar refractivity (Wildman–Crippen MR) is 94.1 cm³/mol. The third-order valence-corrected chi connectivity index (χ3v) is 5.26. The summed E-state index contributed by atoms with van der Waals surface area (Å²) in [6.07, 6.45) is 3.77. The van der Waals surface area contributed by atoms with Gasteiger partial charge < -0.3 is 14.8 Å². The highest BCUT2D eigenvalue weighted by Gasteiger charge is 2.40. The standard InChI is InChI=1S/C19H28N2O3/c1-15-5-6-16(14-21-9-3-4-10-21)13-17(15)20-18(22)19(23-2)7-11-24-12-8-19/h5-6,13H,3-4,7-12,14H2,1-2H3,(H,20,22). The maximum Gasteiger partial charge on any atom is 0.256 e. The van der Waals surface area contributed by atoms with E-state index in [9.17, 15) is 4.79 Å². The number of aryl methyl sites for hydroxylation is 1. The zero-order chi connectivity index (χ0) is 17.0. The zero-order valence-corrected chi connectivity index (χ0v) is 14.8. The van der Waals surface area contributed by atoms with Crippen LogP contribution in [-0.2, 0) is 20.8 Å². The molecule has 2 saturated heterocycles. The van der Waals surface area contributed by atoms with Crippen molar-refractivity contribution < 1.29 is 14.3 Å². The van der Waals surface area contributed by atoms with E-state index in [4.69, 9.17) is 9.47 Å². The van der Waals surface area contributed by atoms with Crippen molar-refractivity contribution in [1.29, 1.82) is 0 Å². The van der Waals surface area contributed by atoms with E-state index in [1.54, 1.807) is 7.11 Å². The number of nitrogens with zero attached hydrogens (tertiary/aromatic N) is 1. The van der Waals surface area contributed by atoms with Gasteiger partial charge in [-0.15, -0.1) is 0 Å². The fourth-order valence-corrected chi connectivity index (χ4v) is 3.56. The third kappa shape index (κ3) is 3.79. The summed E-state index contributed by atoms with van der Waals surface area (Å²) in [5.74, 6) is -0.0604. The van der Waals surface area contributed by atoms with Gasteiger partial charge >= 0.3 is 0 Å². The van der Waals surface area contributed by atoms with Crippen LogP contribution in [0.25, 0.3) is 0 Å². The molecule has 2 heterocycles. The van der Waals surface area contributed by atoms with Crippen molar-refractivity contribution in [1.82, 2.24) is 4.90 Å². The summed E-state index contributed by atoms with van der Waals surface area (Å²) >= 11 is 0. The van der Waals surface area contributed by atoms with Crippen molar-refractivity contribution in [2.24, 2.45) is 0 Å². The van der Waals surface area contributed by atoms with Crippen LogP contribution in [0.3, 0.4) is 0 Å². The van der Waals surface area contributed by atoms with Crippen LogP contribution in [0, 0.1) is 6.92 Å². The predicted octanol–water partition coefficient (Wildman–Crippen LogP) is 2.72. The van der Waals surface area contributed by atoms with Crippen molar-refractivity contribution >= 4 is 11.6 Å². The topological polar surface area (TPSA) is 50.8 Å². The molecule has 24 heavy (non-hydrogen) atoms. The van der Waals surface area contributed by atoms with Gasteiger partial charge in [0.15, 0.2) is 5.60 Å².